The van der Waals surface area contributed by atoms with Crippen LogP contribution in [0.2, 0.25) is 0 Å². The number of carboxylic acids is 1. The molecule has 4 heteroatoms. The average Bonchev–Trinajstić information content (AvgIpc) is 2.56. The van der Waals surface area contributed by atoms with Gasteiger partial charge in [0, 0.05) is 10.1 Å². The minimum absolute atomic E-state index is 0.239. The number of aliphatic hydroxyl groups is 1. The van der Waals surface area contributed by atoms with Crippen LogP contribution in [0.15, 0.2) is 29.2 Å². The van der Waals surface area contributed by atoms with E-state index in [0.29, 0.717) is 5.56 Å². The van der Waals surface area contributed by atoms with Gasteiger partial charge in [0.1, 0.15) is 0 Å². The number of carbonyl (C=O) groups is 1. The Morgan fingerprint density at radius 2 is 1.78 bits per heavy atom. The van der Waals surface area contributed by atoms with Crippen LogP contribution in [0, 0.1) is 0 Å². The third kappa shape index (κ3) is 3.50. The van der Waals surface area contributed by atoms with Crippen LogP contribution >= 0.6 is 11.8 Å². The van der Waals surface area contributed by atoms with E-state index in [1.807, 2.05) is 12.1 Å². The van der Waals surface area contributed by atoms with Gasteiger partial charge in [0.05, 0.1) is 11.7 Å². The van der Waals surface area contributed by atoms with Gasteiger partial charge in [0.25, 0.3) is 0 Å². The highest BCUT2D eigenvalue weighted by molar-refractivity contribution is 8.00. The molecule has 2 atom stereocenters. The fourth-order valence-electron chi connectivity index (χ4n) is 2.24. The molecular weight excluding hydrogens is 248 g/mol. The van der Waals surface area contributed by atoms with Crippen molar-refractivity contribution in [1.82, 2.24) is 0 Å². The number of rotatable bonds is 3. The van der Waals surface area contributed by atoms with Crippen molar-refractivity contribution in [3.05, 3.63) is 29.8 Å². The van der Waals surface area contributed by atoms with Crippen LogP contribution in [0.5, 0.6) is 0 Å². The molecule has 0 spiro atoms. The number of benzene rings is 1. The summed E-state index contributed by atoms with van der Waals surface area (Å²) in [5.74, 6) is -0.902. The fraction of sp³-hybridized carbons (Fsp3) is 0.500. The topological polar surface area (TPSA) is 57.5 Å². The summed E-state index contributed by atoms with van der Waals surface area (Å²) < 4.78 is 0. The van der Waals surface area contributed by atoms with E-state index >= 15 is 0 Å². The van der Waals surface area contributed by atoms with Crippen LogP contribution in [0.4, 0.5) is 0 Å². The number of thioether (sulfide) groups is 1. The largest absolute Gasteiger partial charge is 0.478 e. The Balaban J connectivity index is 2.01. The molecule has 98 valence electrons. The molecular formula is C14H18O3S. The van der Waals surface area contributed by atoms with Crippen LogP contribution in [-0.2, 0) is 0 Å². The first kappa shape index (κ1) is 13.4. The van der Waals surface area contributed by atoms with Crippen LogP contribution in [0.3, 0.4) is 0 Å². The minimum atomic E-state index is -0.902. The molecule has 1 aliphatic rings. The van der Waals surface area contributed by atoms with Gasteiger partial charge in [0.15, 0.2) is 0 Å². The maximum absolute atomic E-state index is 10.8. The standard InChI is InChI=1S/C14H18O3S/c15-12-4-2-1-3-5-13(12)18-11-8-6-10(7-9-11)14(16)17/h6-9,12-13,15H,1-5H2,(H,16,17). The molecule has 2 rings (SSSR count). The summed E-state index contributed by atoms with van der Waals surface area (Å²) in [5.41, 5.74) is 0.306. The summed E-state index contributed by atoms with van der Waals surface area (Å²) in [4.78, 5) is 11.8. The average molecular weight is 266 g/mol. The Bertz CT molecular complexity index is 402. The smallest absolute Gasteiger partial charge is 0.335 e. The lowest BCUT2D eigenvalue weighted by atomic mass is 10.1. The summed E-state index contributed by atoms with van der Waals surface area (Å²) in [6.45, 7) is 0. The van der Waals surface area contributed by atoms with Gasteiger partial charge in [0.2, 0.25) is 0 Å². The molecule has 1 aromatic rings. The molecule has 0 heterocycles. The predicted octanol–water partition coefficient (Wildman–Crippen LogP) is 3.17. The molecule has 3 nitrogen and oxygen atoms in total. The molecule has 1 fully saturated rings. The van der Waals surface area contributed by atoms with Gasteiger partial charge in [-0.2, -0.15) is 0 Å². The lowest BCUT2D eigenvalue weighted by Gasteiger charge is -2.19. The summed E-state index contributed by atoms with van der Waals surface area (Å²) in [7, 11) is 0. The molecule has 1 saturated carbocycles. The first-order valence-corrected chi connectivity index (χ1v) is 7.23. The molecule has 0 aliphatic heterocycles. The summed E-state index contributed by atoms with van der Waals surface area (Å²) >= 11 is 1.66. The lowest BCUT2D eigenvalue weighted by Crippen LogP contribution is -2.21. The molecule has 1 aromatic carbocycles. The SMILES string of the molecule is O=C(O)c1ccc(SC2CCCCCC2O)cc1. The van der Waals surface area contributed by atoms with Gasteiger partial charge in [-0.25, -0.2) is 4.79 Å². The van der Waals surface area contributed by atoms with Crippen molar-refractivity contribution < 1.29 is 15.0 Å². The second-order valence-corrected chi connectivity index (χ2v) is 6.00. The highest BCUT2D eigenvalue weighted by Crippen LogP contribution is 2.33. The van der Waals surface area contributed by atoms with Crippen LogP contribution in [-0.4, -0.2) is 27.5 Å². The first-order chi connectivity index (χ1) is 8.66. The van der Waals surface area contributed by atoms with E-state index in [9.17, 15) is 9.90 Å². The van der Waals surface area contributed by atoms with Crippen molar-refractivity contribution in [2.75, 3.05) is 0 Å². The second-order valence-electron chi connectivity index (χ2n) is 4.69. The monoisotopic (exact) mass is 266 g/mol. The van der Waals surface area contributed by atoms with Crippen molar-refractivity contribution >= 4 is 17.7 Å². The van der Waals surface area contributed by atoms with E-state index in [2.05, 4.69) is 0 Å². The Labute approximate surface area is 111 Å². The Hall–Kier alpha value is -1.00. The maximum Gasteiger partial charge on any atom is 0.335 e. The molecule has 0 saturated heterocycles. The molecule has 2 N–H and O–H groups in total. The third-order valence-corrected chi connectivity index (χ3v) is 4.70. The van der Waals surface area contributed by atoms with Gasteiger partial charge >= 0.3 is 5.97 Å². The van der Waals surface area contributed by atoms with E-state index < -0.39 is 5.97 Å². The van der Waals surface area contributed by atoms with E-state index in [-0.39, 0.29) is 11.4 Å². The zero-order valence-electron chi connectivity index (χ0n) is 10.2. The Morgan fingerprint density at radius 1 is 1.11 bits per heavy atom. The molecule has 1 aliphatic carbocycles. The quantitative estimate of drug-likeness (QED) is 0.825. The number of carboxylic acid groups (broad SMARTS) is 1. The highest BCUT2D eigenvalue weighted by atomic mass is 32.2. The van der Waals surface area contributed by atoms with E-state index in [0.717, 1.165) is 24.2 Å². The normalized spacial score (nSPS) is 24.5. The van der Waals surface area contributed by atoms with Crippen molar-refractivity contribution in [2.24, 2.45) is 0 Å². The maximum atomic E-state index is 10.8. The molecule has 18 heavy (non-hydrogen) atoms. The zero-order valence-corrected chi connectivity index (χ0v) is 11.0. The molecule has 0 radical (unpaired) electrons. The number of aromatic carboxylic acids is 1. The van der Waals surface area contributed by atoms with Gasteiger partial charge in [-0.3, -0.25) is 0 Å². The van der Waals surface area contributed by atoms with Gasteiger partial charge in [-0.05, 0) is 37.1 Å². The number of hydrogen-bond acceptors (Lipinski definition) is 3. The summed E-state index contributed by atoms with van der Waals surface area (Å²) in [5, 5.41) is 19.1. The van der Waals surface area contributed by atoms with Crippen molar-refractivity contribution in [3.63, 3.8) is 0 Å². The van der Waals surface area contributed by atoms with Gasteiger partial charge in [-0.15, -0.1) is 11.8 Å². The van der Waals surface area contributed by atoms with Crippen LogP contribution in [0.25, 0.3) is 0 Å². The number of aliphatic hydroxyl groups excluding tert-OH is 1. The minimum Gasteiger partial charge on any atom is -0.478 e. The van der Waals surface area contributed by atoms with Crippen molar-refractivity contribution in [3.8, 4) is 0 Å². The first-order valence-electron chi connectivity index (χ1n) is 6.35. The summed E-state index contributed by atoms with van der Waals surface area (Å²) in [6.07, 6.45) is 5.15. The molecule has 0 aromatic heterocycles. The Kier molecular flexibility index (Phi) is 4.66. The van der Waals surface area contributed by atoms with Crippen LogP contribution < -0.4 is 0 Å². The zero-order chi connectivity index (χ0) is 13.0. The predicted molar refractivity (Wildman–Crippen MR) is 72.1 cm³/mol. The molecule has 0 bridgehead atoms. The van der Waals surface area contributed by atoms with Gasteiger partial charge < -0.3 is 10.2 Å². The van der Waals surface area contributed by atoms with Crippen molar-refractivity contribution in [2.45, 2.75) is 48.4 Å². The van der Waals surface area contributed by atoms with E-state index in [1.165, 1.54) is 12.8 Å². The fourth-order valence-corrected chi connectivity index (χ4v) is 3.46. The number of hydrogen-bond donors (Lipinski definition) is 2. The van der Waals surface area contributed by atoms with Crippen molar-refractivity contribution in [1.29, 1.82) is 0 Å². The highest BCUT2D eigenvalue weighted by Gasteiger charge is 2.22. The third-order valence-electron chi connectivity index (χ3n) is 3.31. The van der Waals surface area contributed by atoms with E-state index in [4.69, 9.17) is 5.11 Å². The van der Waals surface area contributed by atoms with E-state index in [1.54, 1.807) is 23.9 Å². The second kappa shape index (κ2) is 6.25. The summed E-state index contributed by atoms with van der Waals surface area (Å²) in [6, 6.07) is 6.89. The molecule has 2 unspecified atom stereocenters. The Morgan fingerprint density at radius 3 is 2.44 bits per heavy atom. The molecule has 0 amide bonds. The van der Waals surface area contributed by atoms with Gasteiger partial charge in [-0.1, -0.05) is 19.3 Å². The van der Waals surface area contributed by atoms with Crippen LogP contribution in [0.1, 0.15) is 42.5 Å². The lowest BCUT2D eigenvalue weighted by molar-refractivity contribution is 0.0697.